The summed E-state index contributed by atoms with van der Waals surface area (Å²) >= 11 is 0. The van der Waals surface area contributed by atoms with Crippen LogP contribution in [0.4, 0.5) is 5.69 Å². The van der Waals surface area contributed by atoms with Crippen molar-refractivity contribution in [2.75, 3.05) is 18.5 Å². The number of aryl methyl sites for hydroxylation is 1. The van der Waals surface area contributed by atoms with Crippen LogP contribution in [-0.4, -0.2) is 41.9 Å². The zero-order chi connectivity index (χ0) is 22.2. The van der Waals surface area contributed by atoms with Crippen molar-refractivity contribution in [2.24, 2.45) is 0 Å². The van der Waals surface area contributed by atoms with Crippen molar-refractivity contribution in [1.29, 1.82) is 0 Å². The van der Waals surface area contributed by atoms with Gasteiger partial charge in [-0.05, 0) is 43.2 Å². The summed E-state index contributed by atoms with van der Waals surface area (Å²) in [7, 11) is 0. The van der Waals surface area contributed by atoms with Crippen molar-refractivity contribution < 1.29 is 23.9 Å². The number of amides is 2. The summed E-state index contributed by atoms with van der Waals surface area (Å²) in [5.41, 5.74) is 2.91. The minimum atomic E-state index is -0.335. The van der Waals surface area contributed by atoms with E-state index in [0.29, 0.717) is 30.8 Å². The zero-order valence-corrected chi connectivity index (χ0v) is 17.9. The van der Waals surface area contributed by atoms with Crippen LogP contribution in [0.15, 0.2) is 48.5 Å². The van der Waals surface area contributed by atoms with E-state index in [2.05, 4.69) is 5.32 Å². The Morgan fingerprint density at radius 1 is 1.06 bits per heavy atom. The Morgan fingerprint density at radius 3 is 2.45 bits per heavy atom. The molecule has 0 radical (unpaired) electrons. The maximum Gasteiger partial charge on any atom is 0.307 e. The van der Waals surface area contributed by atoms with Crippen LogP contribution in [0.3, 0.4) is 0 Å². The molecule has 1 aliphatic heterocycles. The molecule has 0 spiro atoms. The molecule has 164 valence electrons. The Kier molecular flexibility index (Phi) is 7.65. The van der Waals surface area contributed by atoms with Crippen molar-refractivity contribution in [2.45, 2.75) is 45.7 Å². The van der Waals surface area contributed by atoms with Gasteiger partial charge in [0.15, 0.2) is 0 Å². The van der Waals surface area contributed by atoms with Gasteiger partial charge in [0, 0.05) is 31.6 Å². The molecule has 2 aromatic carbocycles. The molecule has 31 heavy (non-hydrogen) atoms. The molecule has 1 saturated heterocycles. The van der Waals surface area contributed by atoms with Gasteiger partial charge in [-0.1, -0.05) is 29.8 Å². The molecule has 3 rings (SSSR count). The van der Waals surface area contributed by atoms with Crippen LogP contribution in [-0.2, 0) is 25.7 Å². The highest BCUT2D eigenvalue weighted by Gasteiger charge is 2.32. The molecule has 0 aliphatic carbocycles. The second-order valence-corrected chi connectivity index (χ2v) is 7.68. The van der Waals surface area contributed by atoms with Crippen molar-refractivity contribution in [3.05, 3.63) is 59.7 Å². The van der Waals surface area contributed by atoms with Crippen LogP contribution < -0.4 is 10.1 Å². The zero-order valence-electron chi connectivity index (χ0n) is 17.9. The number of hydrogen-bond acceptors (Lipinski definition) is 5. The fourth-order valence-electron chi connectivity index (χ4n) is 3.52. The van der Waals surface area contributed by atoms with E-state index in [1.165, 1.54) is 12.5 Å². The van der Waals surface area contributed by atoms with Gasteiger partial charge in [-0.25, -0.2) is 0 Å². The van der Waals surface area contributed by atoms with E-state index in [9.17, 15) is 14.4 Å². The van der Waals surface area contributed by atoms with Gasteiger partial charge < -0.3 is 19.7 Å². The third kappa shape index (κ3) is 6.84. The van der Waals surface area contributed by atoms with E-state index in [1.54, 1.807) is 29.2 Å². The van der Waals surface area contributed by atoms with Gasteiger partial charge in [0.2, 0.25) is 11.8 Å². The van der Waals surface area contributed by atoms with Gasteiger partial charge in [-0.2, -0.15) is 0 Å². The lowest BCUT2D eigenvalue weighted by Gasteiger charge is -2.24. The quantitative estimate of drug-likeness (QED) is 0.492. The first kappa shape index (κ1) is 22.3. The Balaban J connectivity index is 1.40. The summed E-state index contributed by atoms with van der Waals surface area (Å²) in [5.74, 6) is 0.223. The van der Waals surface area contributed by atoms with Gasteiger partial charge >= 0.3 is 5.97 Å². The van der Waals surface area contributed by atoms with Gasteiger partial charge in [0.25, 0.3) is 0 Å². The van der Waals surface area contributed by atoms with E-state index in [4.69, 9.17) is 9.47 Å². The monoisotopic (exact) mass is 424 g/mol. The molecule has 1 N–H and O–H groups in total. The maximum atomic E-state index is 12.3. The van der Waals surface area contributed by atoms with Crippen LogP contribution >= 0.6 is 0 Å². The van der Waals surface area contributed by atoms with Crippen molar-refractivity contribution in [3.63, 3.8) is 0 Å². The molecule has 1 unspecified atom stereocenters. The van der Waals surface area contributed by atoms with E-state index in [-0.39, 0.29) is 43.5 Å². The molecule has 0 bridgehead atoms. The Labute approximate surface area is 182 Å². The summed E-state index contributed by atoms with van der Waals surface area (Å²) in [5, 5.41) is 2.68. The normalized spacial score (nSPS) is 15.6. The summed E-state index contributed by atoms with van der Waals surface area (Å²) in [4.78, 5) is 37.3. The standard InChI is InChI=1S/C24H28N2O5/c1-17-3-5-19(6-4-17)16-26-21(9-12-23(26)28)15-24(29)31-14-13-30-22-10-7-20(8-11-22)25-18(2)27/h3-8,10-11,21H,9,12-16H2,1-2H3,(H,25,27). The third-order valence-electron chi connectivity index (χ3n) is 5.12. The van der Waals surface area contributed by atoms with E-state index in [1.807, 2.05) is 31.2 Å². The largest absolute Gasteiger partial charge is 0.490 e. The first-order valence-corrected chi connectivity index (χ1v) is 10.4. The Hall–Kier alpha value is -3.35. The number of rotatable bonds is 9. The van der Waals surface area contributed by atoms with Gasteiger partial charge in [0.05, 0.1) is 6.42 Å². The van der Waals surface area contributed by atoms with Crippen LogP contribution in [0.2, 0.25) is 0 Å². The molecule has 7 nitrogen and oxygen atoms in total. The maximum absolute atomic E-state index is 12.3. The first-order chi connectivity index (χ1) is 14.9. The smallest absolute Gasteiger partial charge is 0.307 e. The molecule has 1 atom stereocenters. The fraction of sp³-hybridized carbons (Fsp3) is 0.375. The molecule has 1 heterocycles. The lowest BCUT2D eigenvalue weighted by molar-refractivity contribution is -0.146. The lowest BCUT2D eigenvalue weighted by atomic mass is 10.1. The number of esters is 1. The number of benzene rings is 2. The molecule has 1 fully saturated rings. The summed E-state index contributed by atoms with van der Waals surface area (Å²) in [6.45, 7) is 4.33. The molecule has 2 aromatic rings. The number of carbonyl (C=O) groups excluding carboxylic acids is 3. The van der Waals surface area contributed by atoms with Crippen molar-refractivity contribution in [1.82, 2.24) is 4.90 Å². The highest BCUT2D eigenvalue weighted by molar-refractivity contribution is 5.88. The van der Waals surface area contributed by atoms with E-state index >= 15 is 0 Å². The molecular formula is C24H28N2O5. The van der Waals surface area contributed by atoms with Gasteiger partial charge in [0.1, 0.15) is 19.0 Å². The molecule has 0 aromatic heterocycles. The van der Waals surface area contributed by atoms with E-state index < -0.39 is 0 Å². The Morgan fingerprint density at radius 2 is 1.77 bits per heavy atom. The first-order valence-electron chi connectivity index (χ1n) is 10.4. The molecule has 2 amide bonds. The van der Waals surface area contributed by atoms with Gasteiger partial charge in [-0.15, -0.1) is 0 Å². The predicted octanol–water partition coefficient (Wildman–Crippen LogP) is 3.46. The second-order valence-electron chi connectivity index (χ2n) is 7.68. The number of anilines is 1. The lowest BCUT2D eigenvalue weighted by Crippen LogP contribution is -2.34. The number of ether oxygens (including phenoxy) is 2. The third-order valence-corrected chi connectivity index (χ3v) is 5.12. The topological polar surface area (TPSA) is 84.9 Å². The average Bonchev–Trinajstić information content (AvgIpc) is 3.07. The summed E-state index contributed by atoms with van der Waals surface area (Å²) in [6.07, 6.45) is 1.31. The van der Waals surface area contributed by atoms with Crippen LogP contribution in [0.1, 0.15) is 37.3 Å². The van der Waals surface area contributed by atoms with Crippen LogP contribution in [0.25, 0.3) is 0 Å². The number of carbonyl (C=O) groups is 3. The predicted molar refractivity (Wildman–Crippen MR) is 117 cm³/mol. The number of nitrogens with one attached hydrogen (secondary N) is 1. The average molecular weight is 424 g/mol. The van der Waals surface area contributed by atoms with Crippen molar-refractivity contribution >= 4 is 23.5 Å². The van der Waals surface area contributed by atoms with Crippen molar-refractivity contribution in [3.8, 4) is 5.75 Å². The van der Waals surface area contributed by atoms with E-state index in [0.717, 1.165) is 5.56 Å². The van der Waals surface area contributed by atoms with Gasteiger partial charge in [-0.3, -0.25) is 14.4 Å². The number of hydrogen-bond donors (Lipinski definition) is 1. The van der Waals surface area contributed by atoms with Crippen LogP contribution in [0.5, 0.6) is 5.75 Å². The fourth-order valence-corrected chi connectivity index (χ4v) is 3.52. The minimum Gasteiger partial charge on any atom is -0.490 e. The highest BCUT2D eigenvalue weighted by Crippen LogP contribution is 2.24. The van der Waals surface area contributed by atoms with Crippen LogP contribution in [0, 0.1) is 6.92 Å². The number of nitrogens with zero attached hydrogens (tertiary/aromatic N) is 1. The SMILES string of the molecule is CC(=O)Nc1ccc(OCCOC(=O)CC2CCC(=O)N2Cc2ccc(C)cc2)cc1. The molecule has 1 aliphatic rings. The second kappa shape index (κ2) is 10.6. The molecule has 7 heteroatoms. The highest BCUT2D eigenvalue weighted by atomic mass is 16.6. The molecule has 0 saturated carbocycles. The number of likely N-dealkylation sites (tertiary alicyclic amines) is 1. The Bertz CT molecular complexity index is 909. The molecular weight excluding hydrogens is 396 g/mol. The minimum absolute atomic E-state index is 0.0735. The summed E-state index contributed by atoms with van der Waals surface area (Å²) in [6, 6.07) is 14.9. The summed E-state index contributed by atoms with van der Waals surface area (Å²) < 4.78 is 10.9.